The van der Waals surface area contributed by atoms with Crippen molar-refractivity contribution < 1.29 is 30.7 Å². The Balaban J connectivity index is 2.66. The van der Waals surface area contributed by atoms with Crippen molar-refractivity contribution >= 4 is 46.3 Å². The van der Waals surface area contributed by atoms with Gasteiger partial charge in [0.1, 0.15) is 16.3 Å². The summed E-state index contributed by atoms with van der Waals surface area (Å²) in [5.74, 6) is -10.7. The molecule has 0 fully saturated rings. The fourth-order valence-electron chi connectivity index (χ4n) is 1.59. The second-order valence-corrected chi connectivity index (χ2v) is 5.15. The zero-order valence-corrected chi connectivity index (χ0v) is 12.9. The largest absolute Gasteiger partial charge is 0.422 e. The Bertz CT molecular complexity index is 797. The minimum Gasteiger partial charge on any atom is -0.334 e. The highest BCUT2D eigenvalue weighted by atomic mass is 35.5. The standard InChI is InChI=1S/C11HCl3F7N3/c12-2-8(13)23-10(14)24-9(2)22-7-5(17)3(15)1(11(19,20)21)4(16)6(7)18/h(H,22,23,24). The summed E-state index contributed by atoms with van der Waals surface area (Å²) in [6.45, 7) is 0. The van der Waals surface area contributed by atoms with Crippen molar-refractivity contribution in [2.24, 2.45) is 0 Å². The summed E-state index contributed by atoms with van der Waals surface area (Å²) in [6, 6.07) is 0. The van der Waals surface area contributed by atoms with Crippen LogP contribution in [0.5, 0.6) is 0 Å². The van der Waals surface area contributed by atoms with E-state index < -0.39 is 62.0 Å². The molecule has 0 bridgehead atoms. The number of anilines is 2. The summed E-state index contributed by atoms with van der Waals surface area (Å²) in [5, 5.41) is 0.126. The molecule has 0 saturated heterocycles. The zero-order valence-electron chi connectivity index (χ0n) is 10.7. The summed E-state index contributed by atoms with van der Waals surface area (Å²) in [5.41, 5.74) is -4.32. The van der Waals surface area contributed by atoms with Crippen LogP contribution < -0.4 is 5.32 Å². The minimum atomic E-state index is -5.66. The predicted molar refractivity (Wildman–Crippen MR) is 71.6 cm³/mol. The van der Waals surface area contributed by atoms with E-state index >= 15 is 0 Å². The molecule has 24 heavy (non-hydrogen) atoms. The van der Waals surface area contributed by atoms with E-state index in [-0.39, 0.29) is 0 Å². The molecule has 1 N–H and O–H groups in total. The van der Waals surface area contributed by atoms with E-state index in [1.807, 2.05) is 0 Å². The van der Waals surface area contributed by atoms with Gasteiger partial charge >= 0.3 is 6.18 Å². The van der Waals surface area contributed by atoms with E-state index in [0.717, 1.165) is 0 Å². The average Bonchev–Trinajstić information content (AvgIpc) is 2.45. The fraction of sp³-hybridized carbons (Fsp3) is 0.0909. The van der Waals surface area contributed by atoms with Crippen LogP contribution in [0.15, 0.2) is 0 Å². The molecule has 1 aromatic heterocycles. The summed E-state index contributed by atoms with van der Waals surface area (Å²) < 4.78 is 92.0. The highest BCUT2D eigenvalue weighted by Gasteiger charge is 2.42. The van der Waals surface area contributed by atoms with Crippen molar-refractivity contribution in [2.75, 3.05) is 5.32 Å². The molecule has 0 unspecified atom stereocenters. The molecule has 13 heteroatoms. The van der Waals surface area contributed by atoms with Gasteiger partial charge in [0.2, 0.25) is 5.28 Å². The van der Waals surface area contributed by atoms with Crippen LogP contribution >= 0.6 is 34.8 Å². The number of hydrogen-bond acceptors (Lipinski definition) is 3. The van der Waals surface area contributed by atoms with Gasteiger partial charge in [0.05, 0.1) is 0 Å². The Morgan fingerprint density at radius 1 is 0.792 bits per heavy atom. The van der Waals surface area contributed by atoms with Crippen LogP contribution in [-0.2, 0) is 6.18 Å². The molecular weight excluding hydrogens is 413 g/mol. The molecule has 130 valence electrons. The molecule has 0 aliphatic heterocycles. The summed E-state index contributed by atoms with van der Waals surface area (Å²) in [7, 11) is 0. The lowest BCUT2D eigenvalue weighted by atomic mass is 10.1. The second kappa shape index (κ2) is 6.41. The van der Waals surface area contributed by atoms with Gasteiger partial charge in [-0.2, -0.15) is 18.2 Å². The lowest BCUT2D eigenvalue weighted by Gasteiger charge is -2.15. The molecule has 3 nitrogen and oxygen atoms in total. The van der Waals surface area contributed by atoms with Crippen LogP contribution in [0.2, 0.25) is 15.5 Å². The first kappa shape index (κ1) is 18.8. The van der Waals surface area contributed by atoms with E-state index in [1.54, 1.807) is 5.32 Å². The Hall–Kier alpha value is -1.52. The Labute approximate surface area is 143 Å². The number of rotatable bonds is 2. The number of hydrogen-bond donors (Lipinski definition) is 1. The number of nitrogens with zero attached hydrogens (tertiary/aromatic N) is 2. The molecule has 0 atom stereocenters. The van der Waals surface area contributed by atoms with Crippen molar-refractivity contribution in [3.63, 3.8) is 0 Å². The van der Waals surface area contributed by atoms with Gasteiger partial charge in [-0.3, -0.25) is 0 Å². The molecule has 1 heterocycles. The third kappa shape index (κ3) is 3.31. The number of benzene rings is 1. The molecule has 0 saturated carbocycles. The van der Waals surface area contributed by atoms with E-state index in [0.29, 0.717) is 0 Å². The van der Waals surface area contributed by atoms with Gasteiger partial charge in [0.15, 0.2) is 34.2 Å². The van der Waals surface area contributed by atoms with Crippen LogP contribution in [0.1, 0.15) is 5.56 Å². The van der Waals surface area contributed by atoms with Gasteiger partial charge in [-0.1, -0.05) is 23.2 Å². The van der Waals surface area contributed by atoms with Gasteiger partial charge in [0, 0.05) is 0 Å². The van der Waals surface area contributed by atoms with E-state index in [9.17, 15) is 30.7 Å². The van der Waals surface area contributed by atoms with Crippen molar-refractivity contribution in [2.45, 2.75) is 6.18 Å². The lowest BCUT2D eigenvalue weighted by Crippen LogP contribution is -2.17. The summed E-state index contributed by atoms with van der Waals surface area (Å²) >= 11 is 16.6. The molecule has 1 aromatic carbocycles. The minimum absolute atomic E-state index is 0.479. The predicted octanol–water partition coefficient (Wildman–Crippen LogP) is 5.76. The normalized spacial score (nSPS) is 11.8. The fourth-order valence-corrected chi connectivity index (χ4v) is 2.10. The molecular formula is C11HCl3F7N3. The third-order valence-electron chi connectivity index (χ3n) is 2.57. The van der Waals surface area contributed by atoms with Gasteiger partial charge in [-0.15, -0.1) is 0 Å². The van der Waals surface area contributed by atoms with Crippen LogP contribution in [0.3, 0.4) is 0 Å². The van der Waals surface area contributed by atoms with Crippen molar-refractivity contribution in [3.05, 3.63) is 44.3 Å². The average molecular weight is 414 g/mol. The van der Waals surface area contributed by atoms with Crippen molar-refractivity contribution in [3.8, 4) is 0 Å². The maximum Gasteiger partial charge on any atom is 0.422 e. The Morgan fingerprint density at radius 3 is 1.75 bits per heavy atom. The van der Waals surface area contributed by atoms with E-state index in [2.05, 4.69) is 9.97 Å². The van der Waals surface area contributed by atoms with Crippen LogP contribution in [-0.4, -0.2) is 9.97 Å². The molecule has 0 amide bonds. The van der Waals surface area contributed by atoms with Gasteiger partial charge in [0.25, 0.3) is 0 Å². The Kier molecular flexibility index (Phi) is 5.03. The highest BCUT2D eigenvalue weighted by molar-refractivity contribution is 6.43. The van der Waals surface area contributed by atoms with Gasteiger partial charge in [-0.05, 0) is 11.6 Å². The lowest BCUT2D eigenvalue weighted by molar-refractivity contribution is -0.143. The van der Waals surface area contributed by atoms with Gasteiger partial charge < -0.3 is 5.32 Å². The van der Waals surface area contributed by atoms with Crippen molar-refractivity contribution in [1.29, 1.82) is 0 Å². The van der Waals surface area contributed by atoms with Crippen LogP contribution in [0, 0.1) is 23.3 Å². The molecule has 2 rings (SSSR count). The zero-order chi connectivity index (χ0) is 18.4. The smallest absolute Gasteiger partial charge is 0.334 e. The summed E-state index contributed by atoms with van der Waals surface area (Å²) in [4.78, 5) is 6.73. The first-order chi connectivity index (χ1) is 10.9. The Morgan fingerprint density at radius 2 is 1.29 bits per heavy atom. The SMILES string of the molecule is Fc1c(F)c(C(F)(F)F)c(F)c(F)c1Nc1nc(Cl)nc(Cl)c1Cl. The monoisotopic (exact) mass is 413 g/mol. The van der Waals surface area contributed by atoms with Crippen LogP contribution in [0.4, 0.5) is 42.2 Å². The molecule has 0 aliphatic rings. The molecule has 0 spiro atoms. The quantitative estimate of drug-likeness (QED) is 0.294. The topological polar surface area (TPSA) is 37.8 Å². The molecule has 2 aromatic rings. The maximum absolute atomic E-state index is 13.8. The van der Waals surface area contributed by atoms with E-state index in [1.165, 1.54) is 0 Å². The number of aromatic nitrogens is 2. The molecule has 0 aliphatic carbocycles. The van der Waals surface area contributed by atoms with E-state index in [4.69, 9.17) is 34.8 Å². The van der Waals surface area contributed by atoms with Gasteiger partial charge in [-0.25, -0.2) is 22.5 Å². The molecule has 0 radical (unpaired) electrons. The number of halogens is 10. The summed E-state index contributed by atoms with van der Waals surface area (Å²) in [6.07, 6.45) is -5.66. The first-order valence-electron chi connectivity index (χ1n) is 5.53. The second-order valence-electron chi connectivity index (χ2n) is 4.07. The number of nitrogens with one attached hydrogen (secondary N) is 1. The van der Waals surface area contributed by atoms with Crippen LogP contribution in [0.25, 0.3) is 0 Å². The third-order valence-corrected chi connectivity index (χ3v) is 3.47. The maximum atomic E-state index is 13.8. The highest BCUT2D eigenvalue weighted by Crippen LogP contribution is 2.40. The number of alkyl halides is 3. The van der Waals surface area contributed by atoms with Crippen molar-refractivity contribution in [1.82, 2.24) is 9.97 Å². The first-order valence-corrected chi connectivity index (χ1v) is 6.67.